The maximum Gasteiger partial charge on any atom is 0.162 e. The molecule has 0 fully saturated rings. The van der Waals surface area contributed by atoms with E-state index in [-0.39, 0.29) is 6.61 Å². The van der Waals surface area contributed by atoms with Crippen LogP contribution in [0.1, 0.15) is 11.1 Å². The summed E-state index contributed by atoms with van der Waals surface area (Å²) in [6, 6.07) is 17.2. The third kappa shape index (κ3) is 5.35. The van der Waals surface area contributed by atoms with Crippen molar-refractivity contribution in [3.8, 4) is 11.5 Å². The van der Waals surface area contributed by atoms with Gasteiger partial charge in [-0.1, -0.05) is 61.1 Å². The van der Waals surface area contributed by atoms with E-state index in [2.05, 4.69) is 37.2 Å². The molecule has 3 rings (SSSR count). The number of hydrogen-bond acceptors (Lipinski definition) is 3. The molecule has 1 N–H and O–H groups in total. The average molecular weight is 546 g/mol. The summed E-state index contributed by atoms with van der Waals surface area (Å²) < 4.78 is 13.4. The number of rotatable bonds is 7. The van der Waals surface area contributed by atoms with Gasteiger partial charge in [-0.15, -0.1) is 0 Å². The quantitative estimate of drug-likeness (QED) is 0.330. The second kappa shape index (κ2) is 9.88. The molecule has 0 amide bonds. The van der Waals surface area contributed by atoms with Gasteiger partial charge in [0.25, 0.3) is 0 Å². The Balaban J connectivity index is 1.74. The average Bonchev–Trinajstić information content (AvgIpc) is 2.68. The first-order chi connectivity index (χ1) is 13.5. The minimum Gasteiger partial charge on any atom is -0.493 e. The number of halogens is 4. The van der Waals surface area contributed by atoms with E-state index in [9.17, 15) is 0 Å². The minimum atomic E-state index is 0.248. The first-order valence-electron chi connectivity index (χ1n) is 8.39. The smallest absolute Gasteiger partial charge is 0.162 e. The SMILES string of the molecule is COc1cc(CNc2ccc(Br)cc2)c(Br)cc1OCc1c(Cl)cccc1Cl. The van der Waals surface area contributed by atoms with Crippen LogP contribution >= 0.6 is 55.1 Å². The highest BCUT2D eigenvalue weighted by Crippen LogP contribution is 2.35. The number of methoxy groups -OCH3 is 1. The van der Waals surface area contributed by atoms with Crippen LogP contribution in [0, 0.1) is 0 Å². The Bertz CT molecular complexity index is 945. The zero-order chi connectivity index (χ0) is 20.1. The van der Waals surface area contributed by atoms with Crippen molar-refractivity contribution in [2.45, 2.75) is 13.2 Å². The van der Waals surface area contributed by atoms with Gasteiger partial charge in [0.05, 0.1) is 7.11 Å². The Kier molecular flexibility index (Phi) is 7.52. The van der Waals surface area contributed by atoms with E-state index < -0.39 is 0 Å². The summed E-state index contributed by atoms with van der Waals surface area (Å²) >= 11 is 19.5. The molecule has 0 aromatic heterocycles. The van der Waals surface area contributed by atoms with E-state index >= 15 is 0 Å². The molecule has 0 aliphatic heterocycles. The summed E-state index contributed by atoms with van der Waals surface area (Å²) in [7, 11) is 1.62. The van der Waals surface area contributed by atoms with Crippen LogP contribution in [0.3, 0.4) is 0 Å². The van der Waals surface area contributed by atoms with E-state index in [0.717, 1.165) is 25.8 Å². The summed E-state index contributed by atoms with van der Waals surface area (Å²) in [5.74, 6) is 1.25. The second-order valence-corrected chi connectivity index (χ2v) is 8.53. The lowest BCUT2D eigenvalue weighted by Gasteiger charge is -2.16. The summed E-state index contributed by atoms with van der Waals surface area (Å²) in [4.78, 5) is 0. The number of anilines is 1. The van der Waals surface area contributed by atoms with Crippen LogP contribution in [0.2, 0.25) is 10.0 Å². The van der Waals surface area contributed by atoms with Crippen LogP contribution < -0.4 is 14.8 Å². The molecule has 0 bridgehead atoms. The lowest BCUT2D eigenvalue weighted by Crippen LogP contribution is -2.03. The van der Waals surface area contributed by atoms with Gasteiger partial charge in [0.15, 0.2) is 11.5 Å². The van der Waals surface area contributed by atoms with Crippen LogP contribution in [-0.2, 0) is 13.2 Å². The highest BCUT2D eigenvalue weighted by molar-refractivity contribution is 9.10. The Morgan fingerprint density at radius 3 is 2.25 bits per heavy atom. The maximum absolute atomic E-state index is 6.22. The van der Waals surface area contributed by atoms with Crippen molar-refractivity contribution in [1.82, 2.24) is 0 Å². The largest absolute Gasteiger partial charge is 0.493 e. The van der Waals surface area contributed by atoms with Crippen LogP contribution in [-0.4, -0.2) is 7.11 Å². The van der Waals surface area contributed by atoms with Gasteiger partial charge in [-0.05, 0) is 54.1 Å². The van der Waals surface area contributed by atoms with Crippen molar-refractivity contribution >= 4 is 60.7 Å². The van der Waals surface area contributed by atoms with Gasteiger partial charge in [-0.25, -0.2) is 0 Å². The zero-order valence-electron chi connectivity index (χ0n) is 14.9. The van der Waals surface area contributed by atoms with E-state index in [1.807, 2.05) is 36.4 Å². The molecule has 0 unspecified atom stereocenters. The number of benzene rings is 3. The standard InChI is InChI=1S/C21H17Br2Cl2NO2/c1-27-20-9-13(11-26-15-7-5-14(22)6-8-15)17(23)10-21(20)28-12-16-18(24)3-2-4-19(16)25/h2-10,26H,11-12H2,1H3. The molecule has 3 aromatic rings. The van der Waals surface area contributed by atoms with Crippen LogP contribution in [0.5, 0.6) is 11.5 Å². The van der Waals surface area contributed by atoms with Crippen LogP contribution in [0.4, 0.5) is 5.69 Å². The van der Waals surface area contributed by atoms with Crippen LogP contribution in [0.25, 0.3) is 0 Å². The molecule has 7 heteroatoms. The maximum atomic E-state index is 6.22. The number of nitrogens with one attached hydrogen (secondary N) is 1. The van der Waals surface area contributed by atoms with E-state index in [1.165, 1.54) is 0 Å². The predicted octanol–water partition coefficient (Wildman–Crippen LogP) is 7.72. The molecule has 0 radical (unpaired) electrons. The van der Waals surface area contributed by atoms with Gasteiger partial charge in [0.2, 0.25) is 0 Å². The van der Waals surface area contributed by atoms with Crippen molar-refractivity contribution in [3.05, 3.63) is 84.7 Å². The lowest BCUT2D eigenvalue weighted by molar-refractivity contribution is 0.284. The van der Waals surface area contributed by atoms with Gasteiger partial charge in [-0.3, -0.25) is 0 Å². The lowest BCUT2D eigenvalue weighted by atomic mass is 10.2. The van der Waals surface area contributed by atoms with Gasteiger partial charge < -0.3 is 14.8 Å². The first kappa shape index (κ1) is 21.3. The second-order valence-electron chi connectivity index (χ2n) is 5.94. The molecule has 3 aromatic carbocycles. The highest BCUT2D eigenvalue weighted by Gasteiger charge is 2.13. The molecule has 0 aliphatic rings. The predicted molar refractivity (Wildman–Crippen MR) is 123 cm³/mol. The van der Waals surface area contributed by atoms with Crippen molar-refractivity contribution in [2.75, 3.05) is 12.4 Å². The number of ether oxygens (including phenoxy) is 2. The fourth-order valence-electron chi connectivity index (χ4n) is 2.57. The van der Waals surface area contributed by atoms with Gasteiger partial charge in [0.1, 0.15) is 6.61 Å². The third-order valence-electron chi connectivity index (χ3n) is 4.09. The van der Waals surface area contributed by atoms with Crippen molar-refractivity contribution in [1.29, 1.82) is 0 Å². The highest BCUT2D eigenvalue weighted by atomic mass is 79.9. The Labute approximate surface area is 191 Å². The normalized spacial score (nSPS) is 10.6. The Morgan fingerprint density at radius 1 is 0.929 bits per heavy atom. The monoisotopic (exact) mass is 543 g/mol. The van der Waals surface area contributed by atoms with Gasteiger partial charge >= 0.3 is 0 Å². The van der Waals surface area contributed by atoms with Gasteiger partial charge in [0, 0.05) is 36.8 Å². The Morgan fingerprint density at radius 2 is 1.61 bits per heavy atom. The molecule has 0 spiro atoms. The van der Waals surface area contributed by atoms with E-state index in [0.29, 0.717) is 28.1 Å². The topological polar surface area (TPSA) is 30.5 Å². The molecule has 28 heavy (non-hydrogen) atoms. The molecule has 0 saturated heterocycles. The first-order valence-corrected chi connectivity index (χ1v) is 10.7. The third-order valence-corrected chi connectivity index (χ3v) is 6.07. The van der Waals surface area contributed by atoms with Crippen molar-refractivity contribution < 1.29 is 9.47 Å². The summed E-state index contributed by atoms with van der Waals surface area (Å²) in [6.07, 6.45) is 0. The molecule has 0 atom stereocenters. The minimum absolute atomic E-state index is 0.248. The molecule has 0 saturated carbocycles. The van der Waals surface area contributed by atoms with Crippen molar-refractivity contribution in [3.63, 3.8) is 0 Å². The molecule has 0 aliphatic carbocycles. The van der Waals surface area contributed by atoms with E-state index in [4.69, 9.17) is 32.7 Å². The van der Waals surface area contributed by atoms with Gasteiger partial charge in [-0.2, -0.15) is 0 Å². The van der Waals surface area contributed by atoms with Crippen molar-refractivity contribution in [2.24, 2.45) is 0 Å². The fourth-order valence-corrected chi connectivity index (χ4v) is 3.80. The number of hydrogen-bond donors (Lipinski definition) is 1. The summed E-state index contributed by atoms with van der Waals surface area (Å²) in [6.45, 7) is 0.882. The summed E-state index contributed by atoms with van der Waals surface area (Å²) in [5.41, 5.74) is 2.82. The molecule has 0 heterocycles. The molecule has 3 nitrogen and oxygen atoms in total. The van der Waals surface area contributed by atoms with Crippen LogP contribution in [0.15, 0.2) is 63.5 Å². The molecular formula is C21H17Br2Cl2NO2. The Hall–Kier alpha value is -1.40. The zero-order valence-corrected chi connectivity index (χ0v) is 19.6. The molecule has 146 valence electrons. The van der Waals surface area contributed by atoms with E-state index in [1.54, 1.807) is 25.3 Å². The summed E-state index contributed by atoms with van der Waals surface area (Å²) in [5, 5.41) is 4.53. The molecular weight excluding hydrogens is 529 g/mol. The fraction of sp³-hybridized carbons (Fsp3) is 0.143.